The Kier molecular flexibility index (Phi) is 2.79. The lowest BCUT2D eigenvalue weighted by Gasteiger charge is -2.03. The zero-order valence-corrected chi connectivity index (χ0v) is 7.19. The Hall–Kier alpha value is -0.670. The van der Waals surface area contributed by atoms with Crippen molar-refractivity contribution in [3.05, 3.63) is 23.8 Å². The van der Waals surface area contributed by atoms with E-state index in [2.05, 4.69) is 0 Å². The highest BCUT2D eigenvalue weighted by molar-refractivity contribution is 7.98. The number of anilines is 1. The van der Waals surface area contributed by atoms with Crippen molar-refractivity contribution in [3.63, 3.8) is 0 Å². The molecular weight excluding hydrogens is 158 g/mol. The molecule has 60 valence electrons. The van der Waals surface area contributed by atoms with Gasteiger partial charge in [-0.25, -0.2) is 0 Å². The lowest BCUT2D eigenvalue weighted by Crippen LogP contribution is -1.90. The van der Waals surface area contributed by atoms with Gasteiger partial charge in [0.2, 0.25) is 0 Å². The minimum absolute atomic E-state index is 0.0772. The first-order chi connectivity index (χ1) is 5.27. The highest BCUT2D eigenvalue weighted by atomic mass is 32.2. The maximum Gasteiger partial charge on any atom is 0.0682 e. The second-order valence-corrected chi connectivity index (χ2v) is 3.08. The molecule has 0 saturated heterocycles. The van der Waals surface area contributed by atoms with Gasteiger partial charge in [0.25, 0.3) is 0 Å². The molecule has 11 heavy (non-hydrogen) atoms. The molecule has 0 spiro atoms. The second-order valence-electron chi connectivity index (χ2n) is 2.23. The molecule has 3 heteroatoms. The minimum Gasteiger partial charge on any atom is -0.398 e. The molecular formula is C8H11NOS. The maximum absolute atomic E-state index is 8.80. The smallest absolute Gasteiger partial charge is 0.0682 e. The van der Waals surface area contributed by atoms with Gasteiger partial charge < -0.3 is 10.8 Å². The average molecular weight is 169 g/mol. The summed E-state index contributed by atoms with van der Waals surface area (Å²) in [4.78, 5) is 1.02. The topological polar surface area (TPSA) is 46.2 Å². The van der Waals surface area contributed by atoms with Crippen molar-refractivity contribution < 1.29 is 5.11 Å². The van der Waals surface area contributed by atoms with Crippen LogP contribution in [0.4, 0.5) is 5.69 Å². The van der Waals surface area contributed by atoms with Gasteiger partial charge in [0, 0.05) is 10.6 Å². The molecule has 0 aliphatic heterocycles. The van der Waals surface area contributed by atoms with Crippen LogP contribution in [0.5, 0.6) is 0 Å². The van der Waals surface area contributed by atoms with Gasteiger partial charge in [-0.2, -0.15) is 0 Å². The fraction of sp³-hybridized carbons (Fsp3) is 0.250. The standard InChI is InChI=1S/C8H11NOS/c1-11-8-4-6(5-10)2-3-7(8)9/h2-4,10H,5,9H2,1H3. The number of nitrogen functional groups attached to an aromatic ring is 1. The first-order valence-corrected chi connectivity index (χ1v) is 4.53. The number of aliphatic hydroxyl groups is 1. The van der Waals surface area contributed by atoms with E-state index in [0.29, 0.717) is 0 Å². The Balaban J connectivity index is 3.02. The first-order valence-electron chi connectivity index (χ1n) is 3.31. The summed E-state index contributed by atoms with van der Waals surface area (Å²) in [6, 6.07) is 5.55. The van der Waals surface area contributed by atoms with Gasteiger partial charge in [-0.1, -0.05) is 6.07 Å². The molecule has 1 rings (SSSR count). The molecule has 1 aromatic rings. The van der Waals surface area contributed by atoms with Crippen molar-refractivity contribution in [1.29, 1.82) is 0 Å². The molecule has 0 aromatic heterocycles. The number of aliphatic hydroxyl groups excluding tert-OH is 1. The van der Waals surface area contributed by atoms with Crippen LogP contribution in [-0.2, 0) is 6.61 Å². The normalized spacial score (nSPS) is 10.0. The van der Waals surface area contributed by atoms with E-state index < -0.39 is 0 Å². The van der Waals surface area contributed by atoms with Crippen molar-refractivity contribution in [1.82, 2.24) is 0 Å². The van der Waals surface area contributed by atoms with Crippen LogP contribution < -0.4 is 5.73 Å². The number of hydrogen-bond acceptors (Lipinski definition) is 3. The molecule has 0 heterocycles. The molecule has 1 aromatic carbocycles. The molecule has 0 atom stereocenters. The summed E-state index contributed by atoms with van der Waals surface area (Å²) in [6.45, 7) is 0.0772. The number of hydrogen-bond donors (Lipinski definition) is 2. The van der Waals surface area contributed by atoms with Crippen molar-refractivity contribution in [3.8, 4) is 0 Å². The van der Waals surface area contributed by atoms with Gasteiger partial charge in [-0.05, 0) is 24.0 Å². The van der Waals surface area contributed by atoms with Gasteiger partial charge in [0.05, 0.1) is 6.61 Å². The summed E-state index contributed by atoms with van der Waals surface area (Å²) in [7, 11) is 0. The Labute approximate surface area is 70.4 Å². The molecule has 0 aliphatic rings. The summed E-state index contributed by atoms with van der Waals surface area (Å²) in [5, 5.41) is 8.80. The highest BCUT2D eigenvalue weighted by Crippen LogP contribution is 2.23. The van der Waals surface area contributed by atoms with E-state index in [0.717, 1.165) is 16.1 Å². The first kappa shape index (κ1) is 8.43. The summed E-state index contributed by atoms with van der Waals surface area (Å²) in [6.07, 6.45) is 1.97. The van der Waals surface area contributed by atoms with Gasteiger partial charge in [0.1, 0.15) is 0 Å². The van der Waals surface area contributed by atoms with E-state index in [1.807, 2.05) is 24.5 Å². The Bertz CT molecular complexity index is 250. The van der Waals surface area contributed by atoms with Crippen LogP contribution in [0.1, 0.15) is 5.56 Å². The van der Waals surface area contributed by atoms with Crippen LogP contribution in [0.15, 0.2) is 23.1 Å². The van der Waals surface area contributed by atoms with Crippen molar-refractivity contribution >= 4 is 17.4 Å². The van der Waals surface area contributed by atoms with E-state index in [4.69, 9.17) is 10.8 Å². The average Bonchev–Trinajstić information content (AvgIpc) is 2.05. The Morgan fingerprint density at radius 3 is 2.82 bits per heavy atom. The van der Waals surface area contributed by atoms with Crippen LogP contribution in [0, 0.1) is 0 Å². The van der Waals surface area contributed by atoms with Crippen LogP contribution in [0.3, 0.4) is 0 Å². The van der Waals surface area contributed by atoms with Crippen molar-refractivity contribution in [2.45, 2.75) is 11.5 Å². The number of rotatable bonds is 2. The highest BCUT2D eigenvalue weighted by Gasteiger charge is 1.97. The quantitative estimate of drug-likeness (QED) is 0.520. The second kappa shape index (κ2) is 3.64. The van der Waals surface area contributed by atoms with Crippen LogP contribution >= 0.6 is 11.8 Å². The molecule has 0 radical (unpaired) electrons. The van der Waals surface area contributed by atoms with Gasteiger partial charge in [-0.3, -0.25) is 0 Å². The maximum atomic E-state index is 8.80. The lowest BCUT2D eigenvalue weighted by atomic mass is 10.2. The van der Waals surface area contributed by atoms with E-state index in [1.165, 1.54) is 0 Å². The molecule has 0 bridgehead atoms. The summed E-state index contributed by atoms with van der Waals surface area (Å²) in [5.41, 5.74) is 7.33. The third kappa shape index (κ3) is 1.88. The monoisotopic (exact) mass is 169 g/mol. The van der Waals surface area contributed by atoms with Crippen molar-refractivity contribution in [2.75, 3.05) is 12.0 Å². The van der Waals surface area contributed by atoms with E-state index in [9.17, 15) is 0 Å². The van der Waals surface area contributed by atoms with Crippen LogP contribution in [0.25, 0.3) is 0 Å². The molecule has 0 saturated carbocycles. The molecule has 0 fully saturated rings. The SMILES string of the molecule is CSc1cc(CO)ccc1N. The molecule has 3 N–H and O–H groups in total. The zero-order valence-electron chi connectivity index (χ0n) is 6.37. The van der Waals surface area contributed by atoms with Gasteiger partial charge >= 0.3 is 0 Å². The molecule has 2 nitrogen and oxygen atoms in total. The zero-order chi connectivity index (χ0) is 8.27. The predicted octanol–water partition coefficient (Wildman–Crippen LogP) is 1.48. The van der Waals surface area contributed by atoms with E-state index >= 15 is 0 Å². The largest absolute Gasteiger partial charge is 0.398 e. The van der Waals surface area contributed by atoms with Crippen LogP contribution in [0.2, 0.25) is 0 Å². The van der Waals surface area contributed by atoms with E-state index in [-0.39, 0.29) is 6.61 Å². The Morgan fingerprint density at radius 2 is 2.27 bits per heavy atom. The fourth-order valence-electron chi connectivity index (χ4n) is 0.854. The molecule has 0 aliphatic carbocycles. The van der Waals surface area contributed by atoms with Crippen molar-refractivity contribution in [2.24, 2.45) is 0 Å². The fourth-order valence-corrected chi connectivity index (χ4v) is 1.43. The number of benzene rings is 1. The summed E-state index contributed by atoms with van der Waals surface area (Å²) >= 11 is 1.59. The summed E-state index contributed by atoms with van der Waals surface area (Å²) < 4.78 is 0. The Morgan fingerprint density at radius 1 is 1.55 bits per heavy atom. The van der Waals surface area contributed by atoms with Crippen LogP contribution in [-0.4, -0.2) is 11.4 Å². The third-order valence-electron chi connectivity index (χ3n) is 1.48. The molecule has 0 unspecified atom stereocenters. The lowest BCUT2D eigenvalue weighted by molar-refractivity contribution is 0.281. The third-order valence-corrected chi connectivity index (χ3v) is 2.27. The van der Waals surface area contributed by atoms with Gasteiger partial charge in [0.15, 0.2) is 0 Å². The molecule has 0 amide bonds. The summed E-state index contributed by atoms with van der Waals surface area (Å²) in [5.74, 6) is 0. The van der Waals surface area contributed by atoms with E-state index in [1.54, 1.807) is 11.8 Å². The minimum atomic E-state index is 0.0772. The van der Waals surface area contributed by atoms with Gasteiger partial charge in [-0.15, -0.1) is 11.8 Å². The predicted molar refractivity (Wildman–Crippen MR) is 48.6 cm³/mol. The number of thioether (sulfide) groups is 1. The number of nitrogens with two attached hydrogens (primary N) is 1.